The summed E-state index contributed by atoms with van der Waals surface area (Å²) in [5.41, 5.74) is 6.05. The van der Waals surface area contributed by atoms with Crippen LogP contribution in [-0.4, -0.2) is 96.6 Å². The second kappa shape index (κ2) is 12.6. The molecule has 4 rings (SSSR count). The van der Waals surface area contributed by atoms with Gasteiger partial charge in [-0.1, -0.05) is 0 Å². The Morgan fingerprint density at radius 3 is 2.54 bits per heavy atom. The number of rotatable bonds is 8. The summed E-state index contributed by atoms with van der Waals surface area (Å²) in [5.74, 6) is -0.00603. The second-order valence-electron chi connectivity index (χ2n) is 10.5. The van der Waals surface area contributed by atoms with Crippen LogP contribution < -0.4 is 11.1 Å². The van der Waals surface area contributed by atoms with Crippen molar-refractivity contribution in [3.8, 4) is 0 Å². The summed E-state index contributed by atoms with van der Waals surface area (Å²) >= 11 is 1.85. The number of piperidine rings is 1. The van der Waals surface area contributed by atoms with Gasteiger partial charge in [-0.15, -0.1) is 11.3 Å². The number of likely N-dealkylation sites (tertiary alicyclic amines) is 1. The molecule has 3 heterocycles. The van der Waals surface area contributed by atoms with Gasteiger partial charge in [0.05, 0.1) is 13.2 Å². The number of ether oxygens (including phenoxy) is 1. The van der Waals surface area contributed by atoms with Crippen molar-refractivity contribution in [2.24, 2.45) is 5.73 Å². The molecule has 1 unspecified atom stereocenters. The molecule has 0 spiro atoms. The number of thiophene rings is 1. The van der Waals surface area contributed by atoms with Crippen LogP contribution in [0, 0.1) is 6.92 Å². The van der Waals surface area contributed by atoms with E-state index < -0.39 is 6.04 Å². The number of carbonyl (C=O) groups is 2. The van der Waals surface area contributed by atoms with Crippen molar-refractivity contribution in [1.29, 1.82) is 0 Å². The highest BCUT2D eigenvalue weighted by molar-refractivity contribution is 7.11. The smallest absolute Gasteiger partial charge is 0.243 e. The maximum atomic E-state index is 13.4. The average molecular weight is 506 g/mol. The lowest BCUT2D eigenvalue weighted by Crippen LogP contribution is -2.58. The molecular formula is C26H43N5O3S. The summed E-state index contributed by atoms with van der Waals surface area (Å²) in [5, 5.41) is 3.26. The first kappa shape index (κ1) is 26.5. The number of carbonyl (C=O) groups excluding carboxylic acids is 2. The van der Waals surface area contributed by atoms with Crippen LogP contribution in [0.5, 0.6) is 0 Å². The van der Waals surface area contributed by atoms with E-state index in [0.717, 1.165) is 78.0 Å². The van der Waals surface area contributed by atoms with Crippen LogP contribution >= 0.6 is 11.3 Å². The minimum Gasteiger partial charge on any atom is -0.379 e. The van der Waals surface area contributed by atoms with Gasteiger partial charge in [-0.25, -0.2) is 0 Å². The quantitative estimate of drug-likeness (QED) is 0.561. The van der Waals surface area contributed by atoms with Crippen LogP contribution in [0.15, 0.2) is 12.1 Å². The minimum atomic E-state index is -0.405. The molecule has 35 heavy (non-hydrogen) atoms. The van der Waals surface area contributed by atoms with Crippen LogP contribution in [-0.2, 0) is 20.9 Å². The maximum Gasteiger partial charge on any atom is 0.243 e. The van der Waals surface area contributed by atoms with Crippen molar-refractivity contribution in [3.05, 3.63) is 21.9 Å². The zero-order valence-corrected chi connectivity index (χ0v) is 22.2. The summed E-state index contributed by atoms with van der Waals surface area (Å²) in [4.78, 5) is 35.4. The zero-order valence-electron chi connectivity index (χ0n) is 21.4. The summed E-state index contributed by atoms with van der Waals surface area (Å²) in [6, 6.07) is 4.69. The highest BCUT2D eigenvalue weighted by Gasteiger charge is 2.38. The van der Waals surface area contributed by atoms with Crippen molar-refractivity contribution >= 4 is 23.2 Å². The SMILES string of the molecule is CC(=O)N1CCC(N(CCN2CCOCC2)Cc2ccc(C)s2)C[C@@H]1C(=O)NC1CCC(N)CC1. The molecule has 1 aliphatic carbocycles. The van der Waals surface area contributed by atoms with Crippen molar-refractivity contribution in [2.75, 3.05) is 45.9 Å². The number of nitrogens with two attached hydrogens (primary N) is 1. The van der Waals surface area contributed by atoms with Gasteiger partial charge in [0.25, 0.3) is 0 Å². The molecule has 2 saturated heterocycles. The summed E-state index contributed by atoms with van der Waals surface area (Å²) < 4.78 is 5.52. The average Bonchev–Trinajstić information content (AvgIpc) is 3.27. The first-order valence-electron chi connectivity index (χ1n) is 13.3. The van der Waals surface area contributed by atoms with Gasteiger partial charge in [-0.3, -0.25) is 19.4 Å². The van der Waals surface area contributed by atoms with Gasteiger partial charge < -0.3 is 20.7 Å². The minimum absolute atomic E-state index is 0.00506. The summed E-state index contributed by atoms with van der Waals surface area (Å²) in [7, 11) is 0. The predicted octanol–water partition coefficient (Wildman–Crippen LogP) is 1.96. The highest BCUT2D eigenvalue weighted by atomic mass is 32.1. The van der Waals surface area contributed by atoms with Crippen molar-refractivity contribution in [2.45, 2.75) is 83.1 Å². The number of hydrogen-bond donors (Lipinski definition) is 2. The molecule has 1 saturated carbocycles. The Labute approximate surface area is 214 Å². The summed E-state index contributed by atoms with van der Waals surface area (Å²) in [6.07, 6.45) is 5.33. The van der Waals surface area contributed by atoms with Crippen molar-refractivity contribution < 1.29 is 14.3 Å². The predicted molar refractivity (Wildman–Crippen MR) is 139 cm³/mol. The second-order valence-corrected chi connectivity index (χ2v) is 11.8. The lowest BCUT2D eigenvalue weighted by atomic mass is 9.90. The fourth-order valence-corrected chi connectivity index (χ4v) is 6.64. The fraction of sp³-hybridized carbons (Fsp3) is 0.769. The van der Waals surface area contributed by atoms with E-state index >= 15 is 0 Å². The van der Waals surface area contributed by atoms with Gasteiger partial charge in [0.1, 0.15) is 6.04 Å². The number of morpholine rings is 1. The van der Waals surface area contributed by atoms with Gasteiger partial charge in [-0.2, -0.15) is 0 Å². The van der Waals surface area contributed by atoms with Crippen molar-refractivity contribution in [3.63, 3.8) is 0 Å². The maximum absolute atomic E-state index is 13.4. The lowest BCUT2D eigenvalue weighted by Gasteiger charge is -2.43. The zero-order chi connectivity index (χ0) is 24.8. The molecule has 0 aromatic carbocycles. The number of nitrogens with zero attached hydrogens (tertiary/aromatic N) is 3. The van der Waals surface area contributed by atoms with Crippen LogP contribution in [0.3, 0.4) is 0 Å². The Morgan fingerprint density at radius 1 is 1.14 bits per heavy atom. The van der Waals surface area contributed by atoms with Crippen LogP contribution in [0.2, 0.25) is 0 Å². The topological polar surface area (TPSA) is 91.1 Å². The highest BCUT2D eigenvalue weighted by Crippen LogP contribution is 2.27. The van der Waals surface area contributed by atoms with E-state index in [0.29, 0.717) is 13.0 Å². The molecule has 0 bridgehead atoms. The molecule has 1 aromatic rings. The molecule has 2 amide bonds. The Balaban J connectivity index is 1.44. The van der Waals surface area contributed by atoms with E-state index in [2.05, 4.69) is 34.2 Å². The molecule has 3 N–H and O–H groups in total. The van der Waals surface area contributed by atoms with Gasteiger partial charge >= 0.3 is 0 Å². The number of aryl methyl sites for hydroxylation is 1. The Bertz CT molecular complexity index is 835. The van der Waals surface area contributed by atoms with Crippen LogP contribution in [0.4, 0.5) is 0 Å². The molecule has 196 valence electrons. The third kappa shape index (κ3) is 7.49. The van der Waals surface area contributed by atoms with E-state index in [4.69, 9.17) is 10.5 Å². The number of amides is 2. The molecule has 0 radical (unpaired) electrons. The van der Waals surface area contributed by atoms with E-state index in [9.17, 15) is 9.59 Å². The Kier molecular flexibility index (Phi) is 9.58. The molecule has 2 atom stereocenters. The molecule has 1 aromatic heterocycles. The van der Waals surface area contributed by atoms with Crippen LogP contribution in [0.1, 0.15) is 55.2 Å². The Hall–Kier alpha value is -1.52. The van der Waals surface area contributed by atoms with Crippen LogP contribution in [0.25, 0.3) is 0 Å². The lowest BCUT2D eigenvalue weighted by molar-refractivity contribution is -0.142. The number of hydrogen-bond acceptors (Lipinski definition) is 7. The molecule has 8 nitrogen and oxygen atoms in total. The summed E-state index contributed by atoms with van der Waals surface area (Å²) in [6.45, 7) is 10.8. The van der Waals surface area contributed by atoms with Gasteiger partial charge in [0, 0.05) is 74.1 Å². The standard InChI is InChI=1S/C26H43N5O3S/c1-19-3-8-24(35-19)18-30(12-11-29-13-15-34-16-14-29)23-9-10-31(20(2)32)25(17-23)26(33)28-22-6-4-21(27)5-7-22/h3,8,21-23,25H,4-7,9-18,27H2,1-2H3,(H,28,33)/t21?,22?,23?,25-/m1/s1. The third-order valence-corrected chi connectivity index (χ3v) is 8.86. The van der Waals surface area contributed by atoms with E-state index in [1.807, 2.05) is 11.3 Å². The van der Waals surface area contributed by atoms with E-state index in [1.54, 1.807) is 11.8 Å². The molecule has 2 aliphatic heterocycles. The van der Waals surface area contributed by atoms with Gasteiger partial charge in [-0.05, 0) is 57.6 Å². The normalized spacial score (nSPS) is 28.3. The van der Waals surface area contributed by atoms with E-state index in [1.165, 1.54) is 9.75 Å². The first-order chi connectivity index (χ1) is 16.9. The molecule has 9 heteroatoms. The Morgan fingerprint density at radius 2 is 1.89 bits per heavy atom. The van der Waals surface area contributed by atoms with E-state index in [-0.39, 0.29) is 29.9 Å². The van der Waals surface area contributed by atoms with Gasteiger partial charge in [0.2, 0.25) is 11.8 Å². The molecule has 3 fully saturated rings. The first-order valence-corrected chi connectivity index (χ1v) is 14.1. The van der Waals surface area contributed by atoms with Gasteiger partial charge in [0.15, 0.2) is 0 Å². The fourth-order valence-electron chi connectivity index (χ4n) is 5.72. The molecule has 3 aliphatic rings. The third-order valence-electron chi connectivity index (χ3n) is 7.88. The largest absolute Gasteiger partial charge is 0.379 e. The molecular weight excluding hydrogens is 462 g/mol. The monoisotopic (exact) mass is 505 g/mol. The van der Waals surface area contributed by atoms with Crippen molar-refractivity contribution in [1.82, 2.24) is 20.0 Å². The number of nitrogens with one attached hydrogen (secondary N) is 1.